The molecule has 2 fully saturated rings. The van der Waals surface area contributed by atoms with E-state index in [2.05, 4.69) is 10.2 Å². The Morgan fingerprint density at radius 2 is 1.90 bits per heavy atom. The molecule has 0 spiro atoms. The number of nitrogens with one attached hydrogen (secondary N) is 1. The summed E-state index contributed by atoms with van der Waals surface area (Å²) in [5, 5.41) is 2.54. The lowest BCUT2D eigenvalue weighted by molar-refractivity contribution is 0.122. The Bertz CT molecular complexity index is 892. The van der Waals surface area contributed by atoms with Crippen molar-refractivity contribution in [3.63, 3.8) is 0 Å². The number of aryl methyl sites for hydroxylation is 1. The maximum Gasteiger partial charge on any atom is 0.412 e. The number of anilines is 1. The molecule has 0 atom stereocenters. The SMILES string of the molecule is Cc1cc(N2CCOCC2)nc(C2CC2)c1OC(=O)NCc1cc(F)cc(F)c1. The summed E-state index contributed by atoms with van der Waals surface area (Å²) in [6, 6.07) is 5.04. The van der Waals surface area contributed by atoms with Crippen LogP contribution in [0.15, 0.2) is 24.3 Å². The highest BCUT2D eigenvalue weighted by atomic mass is 19.1. The van der Waals surface area contributed by atoms with E-state index in [1.165, 1.54) is 12.1 Å². The molecule has 1 saturated carbocycles. The molecular formula is C21H23F2N3O3. The molecule has 1 aliphatic heterocycles. The largest absolute Gasteiger partial charge is 0.412 e. The maximum atomic E-state index is 13.3. The van der Waals surface area contributed by atoms with Crippen molar-refractivity contribution < 1.29 is 23.0 Å². The second kappa shape index (κ2) is 8.32. The quantitative estimate of drug-likeness (QED) is 0.825. The molecule has 4 rings (SSSR count). The van der Waals surface area contributed by atoms with Gasteiger partial charge in [0, 0.05) is 31.6 Å². The first-order valence-electron chi connectivity index (χ1n) is 9.74. The van der Waals surface area contributed by atoms with Crippen LogP contribution < -0.4 is 15.0 Å². The highest BCUT2D eigenvalue weighted by molar-refractivity contribution is 5.72. The topological polar surface area (TPSA) is 63.7 Å². The molecule has 1 N–H and O–H groups in total. The number of morpholine rings is 1. The first kappa shape index (κ1) is 19.6. The number of aromatic nitrogens is 1. The highest BCUT2D eigenvalue weighted by Gasteiger charge is 2.31. The van der Waals surface area contributed by atoms with Crippen LogP contribution in [-0.2, 0) is 11.3 Å². The van der Waals surface area contributed by atoms with Crippen LogP contribution in [0.25, 0.3) is 0 Å². The van der Waals surface area contributed by atoms with E-state index in [1.54, 1.807) is 0 Å². The molecule has 6 nitrogen and oxygen atoms in total. The standard InChI is InChI=1S/C21H23F2N3O3/c1-13-8-18(26-4-6-28-7-5-26)25-19(15-2-3-15)20(13)29-21(27)24-12-14-9-16(22)11-17(23)10-14/h8-11,15H,2-7,12H2,1H3,(H,24,27). The molecule has 2 aliphatic rings. The number of rotatable bonds is 5. The van der Waals surface area contributed by atoms with Crippen LogP contribution in [0.2, 0.25) is 0 Å². The summed E-state index contributed by atoms with van der Waals surface area (Å²) in [4.78, 5) is 19.3. The van der Waals surface area contributed by atoms with E-state index in [1.807, 2.05) is 13.0 Å². The summed E-state index contributed by atoms with van der Waals surface area (Å²) in [7, 11) is 0. The van der Waals surface area contributed by atoms with E-state index in [4.69, 9.17) is 14.5 Å². The molecule has 0 bridgehead atoms. The van der Waals surface area contributed by atoms with Gasteiger partial charge in [0.1, 0.15) is 17.5 Å². The fourth-order valence-electron chi connectivity index (χ4n) is 3.40. The van der Waals surface area contributed by atoms with Gasteiger partial charge in [-0.2, -0.15) is 0 Å². The summed E-state index contributed by atoms with van der Waals surface area (Å²) in [5.41, 5.74) is 1.94. The van der Waals surface area contributed by atoms with Gasteiger partial charge < -0.3 is 19.7 Å². The average molecular weight is 403 g/mol. The molecule has 2 heterocycles. The predicted molar refractivity (Wildman–Crippen MR) is 103 cm³/mol. The van der Waals surface area contributed by atoms with Crippen molar-refractivity contribution in [2.24, 2.45) is 0 Å². The zero-order valence-corrected chi connectivity index (χ0v) is 16.2. The Labute approximate surface area is 167 Å². The maximum absolute atomic E-state index is 13.3. The number of ether oxygens (including phenoxy) is 2. The second-order valence-electron chi connectivity index (χ2n) is 7.41. The van der Waals surface area contributed by atoms with Crippen LogP contribution in [0.5, 0.6) is 5.75 Å². The van der Waals surface area contributed by atoms with Gasteiger partial charge in [-0.05, 0) is 49.1 Å². The molecule has 0 radical (unpaired) electrons. The van der Waals surface area contributed by atoms with Gasteiger partial charge in [-0.15, -0.1) is 0 Å². The van der Waals surface area contributed by atoms with Crippen LogP contribution in [0, 0.1) is 18.6 Å². The van der Waals surface area contributed by atoms with E-state index in [9.17, 15) is 13.6 Å². The number of amides is 1. The summed E-state index contributed by atoms with van der Waals surface area (Å²) >= 11 is 0. The second-order valence-corrected chi connectivity index (χ2v) is 7.41. The van der Waals surface area contributed by atoms with Crippen LogP contribution in [-0.4, -0.2) is 37.4 Å². The number of pyridine rings is 1. The van der Waals surface area contributed by atoms with Crippen molar-refractivity contribution in [2.75, 3.05) is 31.2 Å². The number of nitrogens with zero attached hydrogens (tertiary/aromatic N) is 2. The van der Waals surface area contributed by atoms with Crippen LogP contribution in [0.4, 0.5) is 19.4 Å². The third kappa shape index (κ3) is 4.82. The zero-order chi connectivity index (χ0) is 20.4. The minimum atomic E-state index is -0.690. The predicted octanol–water partition coefficient (Wildman–Crippen LogP) is 3.67. The van der Waals surface area contributed by atoms with Crippen molar-refractivity contribution in [3.8, 4) is 5.75 Å². The minimum Gasteiger partial charge on any atom is -0.408 e. The van der Waals surface area contributed by atoms with E-state index in [0.717, 1.165) is 49.1 Å². The number of carbonyl (C=O) groups is 1. The molecule has 1 aliphatic carbocycles. The van der Waals surface area contributed by atoms with E-state index >= 15 is 0 Å². The third-order valence-electron chi connectivity index (χ3n) is 5.02. The van der Waals surface area contributed by atoms with Gasteiger partial charge in [0.15, 0.2) is 5.75 Å². The number of hydrogen-bond donors (Lipinski definition) is 1. The van der Waals surface area contributed by atoms with Crippen LogP contribution >= 0.6 is 0 Å². The minimum absolute atomic E-state index is 0.0371. The number of benzene rings is 1. The molecule has 1 amide bonds. The molecule has 8 heteroatoms. The Morgan fingerprint density at radius 3 is 2.55 bits per heavy atom. The van der Waals surface area contributed by atoms with Crippen molar-refractivity contribution in [1.29, 1.82) is 0 Å². The van der Waals surface area contributed by atoms with Gasteiger partial charge in [-0.3, -0.25) is 0 Å². The van der Waals surface area contributed by atoms with Gasteiger partial charge in [0.2, 0.25) is 0 Å². The van der Waals surface area contributed by atoms with Crippen molar-refractivity contribution in [1.82, 2.24) is 10.3 Å². The molecule has 0 unspecified atom stereocenters. The van der Waals surface area contributed by atoms with Gasteiger partial charge in [-0.1, -0.05) is 0 Å². The van der Waals surface area contributed by atoms with Gasteiger partial charge in [0.25, 0.3) is 0 Å². The molecule has 2 aromatic rings. The normalized spacial score (nSPS) is 16.6. The van der Waals surface area contributed by atoms with Crippen LogP contribution in [0.1, 0.15) is 35.6 Å². The van der Waals surface area contributed by atoms with Gasteiger partial charge >= 0.3 is 6.09 Å². The lowest BCUT2D eigenvalue weighted by Gasteiger charge is -2.29. The molecule has 1 aromatic carbocycles. The van der Waals surface area contributed by atoms with Gasteiger partial charge in [-0.25, -0.2) is 18.6 Å². The smallest absolute Gasteiger partial charge is 0.408 e. The fourth-order valence-corrected chi connectivity index (χ4v) is 3.40. The van der Waals surface area contributed by atoms with Crippen LogP contribution in [0.3, 0.4) is 0 Å². The molecule has 29 heavy (non-hydrogen) atoms. The lowest BCUT2D eigenvalue weighted by atomic mass is 10.1. The van der Waals surface area contributed by atoms with Gasteiger partial charge in [0.05, 0.1) is 18.9 Å². The third-order valence-corrected chi connectivity index (χ3v) is 5.02. The summed E-state index contributed by atoms with van der Waals surface area (Å²) in [6.07, 6.45) is 1.35. The Balaban J connectivity index is 1.47. The number of carbonyl (C=O) groups excluding carboxylic acids is 1. The Morgan fingerprint density at radius 1 is 1.21 bits per heavy atom. The zero-order valence-electron chi connectivity index (χ0n) is 16.2. The average Bonchev–Trinajstić information content (AvgIpc) is 3.53. The summed E-state index contributed by atoms with van der Waals surface area (Å²) in [6.45, 7) is 4.75. The molecule has 1 saturated heterocycles. The Hall–Kier alpha value is -2.74. The van der Waals surface area contributed by atoms with Crippen molar-refractivity contribution in [2.45, 2.75) is 32.2 Å². The van der Waals surface area contributed by atoms with E-state index < -0.39 is 17.7 Å². The molecule has 154 valence electrons. The van der Waals surface area contributed by atoms with E-state index in [0.29, 0.717) is 24.5 Å². The lowest BCUT2D eigenvalue weighted by Crippen LogP contribution is -2.37. The molecule has 1 aromatic heterocycles. The van der Waals surface area contributed by atoms with Crippen molar-refractivity contribution >= 4 is 11.9 Å². The molecular weight excluding hydrogens is 380 g/mol. The first-order valence-corrected chi connectivity index (χ1v) is 9.74. The number of hydrogen-bond acceptors (Lipinski definition) is 5. The van der Waals surface area contributed by atoms with E-state index in [-0.39, 0.29) is 12.5 Å². The summed E-state index contributed by atoms with van der Waals surface area (Å²) in [5.74, 6) is 0.243. The summed E-state index contributed by atoms with van der Waals surface area (Å²) < 4.78 is 37.5. The Kier molecular flexibility index (Phi) is 5.62. The monoisotopic (exact) mass is 403 g/mol. The number of halogens is 2. The first-order chi connectivity index (χ1) is 14.0. The highest BCUT2D eigenvalue weighted by Crippen LogP contribution is 2.45. The van der Waals surface area contributed by atoms with Crippen molar-refractivity contribution in [3.05, 3.63) is 52.7 Å². The fraction of sp³-hybridized carbons (Fsp3) is 0.429.